The first-order valence-electron chi connectivity index (χ1n) is 14.7. The quantitative estimate of drug-likeness (QED) is 0.236. The van der Waals surface area contributed by atoms with Crippen molar-refractivity contribution in [2.45, 2.75) is 84.2 Å². The van der Waals surface area contributed by atoms with Crippen LogP contribution in [0.3, 0.4) is 0 Å². The molecule has 5 rings (SSSR count). The third kappa shape index (κ3) is 7.16. The lowest BCUT2D eigenvalue weighted by Gasteiger charge is -2.46. The van der Waals surface area contributed by atoms with Crippen molar-refractivity contribution in [2.24, 2.45) is 0 Å². The fourth-order valence-corrected chi connectivity index (χ4v) is 5.59. The zero-order chi connectivity index (χ0) is 30.8. The van der Waals surface area contributed by atoms with E-state index in [1.165, 1.54) is 6.33 Å². The summed E-state index contributed by atoms with van der Waals surface area (Å²) < 4.78 is 17.8. The van der Waals surface area contributed by atoms with E-state index in [1.54, 1.807) is 28.5 Å². The Balaban J connectivity index is 1.61. The first kappa shape index (κ1) is 30.1. The summed E-state index contributed by atoms with van der Waals surface area (Å²) in [6.45, 7) is 11.9. The summed E-state index contributed by atoms with van der Waals surface area (Å²) in [6.07, 6.45) is 7.16. The number of benzene rings is 2. The number of likely N-dealkylation sites (tertiary alicyclic amines) is 1. The van der Waals surface area contributed by atoms with Crippen molar-refractivity contribution in [2.75, 3.05) is 6.54 Å². The van der Waals surface area contributed by atoms with Crippen molar-refractivity contribution in [1.29, 1.82) is 0 Å². The number of rotatable bonds is 5. The van der Waals surface area contributed by atoms with E-state index in [4.69, 9.17) is 13.9 Å². The second-order valence-electron chi connectivity index (χ2n) is 12.9. The van der Waals surface area contributed by atoms with Gasteiger partial charge in [0.1, 0.15) is 23.1 Å². The van der Waals surface area contributed by atoms with Gasteiger partial charge < -0.3 is 13.9 Å². The van der Waals surface area contributed by atoms with Gasteiger partial charge in [0.15, 0.2) is 0 Å². The number of nitrogens with zero attached hydrogens (tertiary/aromatic N) is 4. The van der Waals surface area contributed by atoms with Gasteiger partial charge in [0.25, 0.3) is 0 Å². The molecule has 0 radical (unpaired) electrons. The average Bonchev–Trinajstić information content (AvgIpc) is 3.44. The lowest BCUT2D eigenvalue weighted by atomic mass is 9.89. The molecule has 3 heterocycles. The second-order valence-corrected chi connectivity index (χ2v) is 12.9. The van der Waals surface area contributed by atoms with Crippen molar-refractivity contribution < 1.29 is 23.5 Å². The van der Waals surface area contributed by atoms with E-state index in [9.17, 15) is 9.59 Å². The fourth-order valence-electron chi connectivity index (χ4n) is 5.59. The van der Waals surface area contributed by atoms with E-state index >= 15 is 0 Å². The van der Waals surface area contributed by atoms with Crippen molar-refractivity contribution in [3.05, 3.63) is 84.6 Å². The van der Waals surface area contributed by atoms with Gasteiger partial charge in [-0.2, -0.15) is 0 Å². The van der Waals surface area contributed by atoms with Gasteiger partial charge >= 0.3 is 12.2 Å². The molecule has 9 nitrogen and oxygen atoms in total. The Labute approximate surface area is 252 Å². The molecule has 2 atom stereocenters. The van der Waals surface area contributed by atoms with E-state index in [-0.39, 0.29) is 6.54 Å². The molecule has 0 bridgehead atoms. The maximum absolute atomic E-state index is 14.1. The van der Waals surface area contributed by atoms with Crippen LogP contribution in [0.25, 0.3) is 22.1 Å². The molecule has 0 N–H and O–H groups in total. The lowest BCUT2D eigenvalue weighted by molar-refractivity contribution is -0.0262. The summed E-state index contributed by atoms with van der Waals surface area (Å²) >= 11 is 0. The summed E-state index contributed by atoms with van der Waals surface area (Å²) in [4.78, 5) is 39.6. The van der Waals surface area contributed by atoms with E-state index < -0.39 is 35.5 Å². The first-order valence-corrected chi connectivity index (χ1v) is 14.7. The van der Waals surface area contributed by atoms with Crippen molar-refractivity contribution >= 4 is 23.2 Å². The maximum Gasteiger partial charge on any atom is 0.410 e. The predicted octanol–water partition coefficient (Wildman–Crippen LogP) is 7.77. The number of carbonyl (C=O) groups excluding carboxylic acids is 2. The molecule has 0 saturated carbocycles. The Hall–Kier alpha value is -4.40. The molecular formula is C34H40N4O5. The summed E-state index contributed by atoms with van der Waals surface area (Å²) in [5.41, 5.74) is 2.80. The largest absolute Gasteiger partial charge is 0.464 e. The average molecular weight is 585 g/mol. The van der Waals surface area contributed by atoms with Crippen LogP contribution in [0, 0.1) is 0 Å². The van der Waals surface area contributed by atoms with Gasteiger partial charge in [-0.3, -0.25) is 9.80 Å². The molecule has 9 heteroatoms. The number of amides is 2. The molecule has 0 unspecified atom stereocenters. The highest BCUT2D eigenvalue weighted by Crippen LogP contribution is 2.38. The molecule has 43 heavy (non-hydrogen) atoms. The molecule has 4 aromatic rings. The molecule has 2 amide bonds. The molecule has 0 aliphatic carbocycles. The van der Waals surface area contributed by atoms with Gasteiger partial charge in [-0.25, -0.2) is 19.6 Å². The third-order valence-corrected chi connectivity index (χ3v) is 7.26. The molecule has 1 saturated heterocycles. The van der Waals surface area contributed by atoms with Gasteiger partial charge in [0.2, 0.25) is 0 Å². The topological polar surface area (TPSA) is 98.0 Å². The maximum atomic E-state index is 14.1. The summed E-state index contributed by atoms with van der Waals surface area (Å²) in [6, 6.07) is 14.9. The standard InChI is InChI=1S/C34H40N4O5/c1-33(2,3)42-31(39)37-15-10-13-28(29(37)23-11-8-7-9-12-23)38(32(40)43-34(4,5)6)21-26-18-25(27-19-35-22-36-20-27)17-24-14-16-41-30(24)26/h7-9,11-12,14,16-20,22,28-29H,10,13,15,21H2,1-6H3/t28-,29-/m1/s1. The minimum atomic E-state index is -0.722. The van der Waals surface area contributed by atoms with Gasteiger partial charge in [-0.05, 0) is 83.7 Å². The minimum Gasteiger partial charge on any atom is -0.464 e. The van der Waals surface area contributed by atoms with Gasteiger partial charge in [0.05, 0.1) is 24.9 Å². The van der Waals surface area contributed by atoms with Crippen molar-refractivity contribution in [1.82, 2.24) is 19.8 Å². The predicted molar refractivity (Wildman–Crippen MR) is 164 cm³/mol. The molecule has 226 valence electrons. The SMILES string of the molecule is CC(C)(C)OC(=O)N(Cc1cc(-c2cncnc2)cc2ccoc12)[C@@H]1CCCN(C(=O)OC(C)(C)C)[C@@H]1c1ccccc1. The van der Waals surface area contributed by atoms with Gasteiger partial charge in [0, 0.05) is 35.5 Å². The number of furan rings is 1. The lowest BCUT2D eigenvalue weighted by Crippen LogP contribution is -2.54. The van der Waals surface area contributed by atoms with E-state index in [2.05, 4.69) is 9.97 Å². The van der Waals surface area contributed by atoms with Crippen LogP contribution >= 0.6 is 0 Å². The van der Waals surface area contributed by atoms with E-state index in [0.29, 0.717) is 25.0 Å². The highest BCUT2D eigenvalue weighted by Gasteiger charge is 2.43. The van der Waals surface area contributed by atoms with Crippen LogP contribution < -0.4 is 0 Å². The van der Waals surface area contributed by atoms with Crippen LogP contribution in [0.2, 0.25) is 0 Å². The second kappa shape index (κ2) is 12.1. The number of ether oxygens (including phenoxy) is 2. The molecule has 1 aliphatic heterocycles. The van der Waals surface area contributed by atoms with Gasteiger partial charge in [-0.15, -0.1) is 0 Å². The molecule has 1 fully saturated rings. The Morgan fingerprint density at radius 2 is 1.65 bits per heavy atom. The van der Waals surface area contributed by atoms with E-state index in [1.807, 2.05) is 90.1 Å². The third-order valence-electron chi connectivity index (χ3n) is 7.26. The number of hydrogen-bond acceptors (Lipinski definition) is 7. The van der Waals surface area contributed by atoms with Crippen LogP contribution in [0.4, 0.5) is 9.59 Å². The number of piperidine rings is 1. The molecule has 2 aromatic heterocycles. The van der Waals surface area contributed by atoms with Crippen LogP contribution in [-0.2, 0) is 16.0 Å². The number of fused-ring (bicyclic) bond motifs is 1. The van der Waals surface area contributed by atoms with Crippen molar-refractivity contribution in [3.8, 4) is 11.1 Å². The summed E-state index contributed by atoms with van der Waals surface area (Å²) in [7, 11) is 0. The Morgan fingerprint density at radius 3 is 2.33 bits per heavy atom. The smallest absolute Gasteiger partial charge is 0.410 e. The first-order chi connectivity index (χ1) is 20.4. The minimum absolute atomic E-state index is 0.205. The summed E-state index contributed by atoms with van der Waals surface area (Å²) in [5.74, 6) is 0. The Morgan fingerprint density at radius 1 is 0.953 bits per heavy atom. The number of aromatic nitrogens is 2. The van der Waals surface area contributed by atoms with Crippen LogP contribution in [-0.4, -0.2) is 55.7 Å². The Kier molecular flexibility index (Phi) is 8.44. The van der Waals surface area contributed by atoms with Crippen LogP contribution in [0.5, 0.6) is 0 Å². The summed E-state index contributed by atoms with van der Waals surface area (Å²) in [5, 5.41) is 0.902. The normalized spacial score (nSPS) is 17.5. The molecular weight excluding hydrogens is 544 g/mol. The fraction of sp³-hybridized carbons (Fsp3) is 0.412. The van der Waals surface area contributed by atoms with E-state index in [0.717, 1.165) is 27.6 Å². The van der Waals surface area contributed by atoms with Crippen LogP contribution in [0.15, 0.2) is 77.9 Å². The van der Waals surface area contributed by atoms with Crippen LogP contribution in [0.1, 0.15) is 71.6 Å². The monoisotopic (exact) mass is 584 g/mol. The molecule has 0 spiro atoms. The highest BCUT2D eigenvalue weighted by atomic mass is 16.6. The molecule has 2 aromatic carbocycles. The zero-order valence-electron chi connectivity index (χ0n) is 25.7. The van der Waals surface area contributed by atoms with Crippen molar-refractivity contribution in [3.63, 3.8) is 0 Å². The zero-order valence-corrected chi connectivity index (χ0v) is 25.7. The Bertz CT molecular complexity index is 1560. The highest BCUT2D eigenvalue weighted by molar-refractivity contribution is 5.86. The van der Waals surface area contributed by atoms with Gasteiger partial charge in [-0.1, -0.05) is 30.3 Å². The number of hydrogen-bond donors (Lipinski definition) is 0. The molecule has 1 aliphatic rings. The number of carbonyl (C=O) groups is 2.